The summed E-state index contributed by atoms with van der Waals surface area (Å²) in [6.07, 6.45) is 1.50. The van der Waals surface area contributed by atoms with Crippen LogP contribution in [0.25, 0.3) is 5.69 Å². The first kappa shape index (κ1) is 14.2. The highest BCUT2D eigenvalue weighted by Gasteiger charge is 2.10. The number of primary amides is 1. The first-order valence-corrected chi connectivity index (χ1v) is 6.35. The highest BCUT2D eigenvalue weighted by molar-refractivity contribution is 5.90. The van der Waals surface area contributed by atoms with Crippen LogP contribution in [0.4, 0.5) is 4.39 Å². The van der Waals surface area contributed by atoms with Crippen LogP contribution in [0.1, 0.15) is 29.9 Å². The number of amides is 1. The van der Waals surface area contributed by atoms with Gasteiger partial charge in [-0.1, -0.05) is 19.9 Å². The molecule has 1 aromatic heterocycles. The third-order valence-electron chi connectivity index (χ3n) is 2.81. The van der Waals surface area contributed by atoms with Gasteiger partial charge in [0, 0.05) is 18.8 Å². The normalized spacial score (nSPS) is 11.0. The molecule has 0 aliphatic heterocycles. The molecule has 0 saturated carbocycles. The lowest BCUT2D eigenvalue weighted by molar-refractivity contribution is 0.0995. The zero-order valence-electron chi connectivity index (χ0n) is 11.4. The molecule has 0 unspecified atom stereocenters. The maximum absolute atomic E-state index is 14.1. The standard InChI is InChI=1S/C14H17FN4O/c1-9(2)17-8-10-3-4-13(11(15)7-10)19-6-5-12(18-19)14(16)20/h3-7,9,17H,8H2,1-2H3,(H2,16,20). The van der Waals surface area contributed by atoms with Crippen molar-refractivity contribution in [2.24, 2.45) is 5.73 Å². The van der Waals surface area contributed by atoms with Crippen LogP contribution < -0.4 is 11.1 Å². The molecule has 0 aliphatic carbocycles. The number of carbonyl (C=O) groups excluding carboxylic acids is 1. The van der Waals surface area contributed by atoms with Gasteiger partial charge in [-0.25, -0.2) is 9.07 Å². The van der Waals surface area contributed by atoms with Gasteiger partial charge >= 0.3 is 0 Å². The van der Waals surface area contributed by atoms with Crippen molar-refractivity contribution >= 4 is 5.91 Å². The largest absolute Gasteiger partial charge is 0.364 e. The molecule has 0 fully saturated rings. The molecule has 0 radical (unpaired) electrons. The van der Waals surface area contributed by atoms with Gasteiger partial charge in [-0.2, -0.15) is 5.10 Å². The van der Waals surface area contributed by atoms with E-state index in [0.717, 1.165) is 5.56 Å². The van der Waals surface area contributed by atoms with E-state index in [-0.39, 0.29) is 11.4 Å². The number of nitrogens with two attached hydrogens (primary N) is 1. The smallest absolute Gasteiger partial charge is 0.269 e. The van der Waals surface area contributed by atoms with E-state index in [0.29, 0.717) is 12.6 Å². The van der Waals surface area contributed by atoms with Crippen LogP contribution >= 0.6 is 0 Å². The van der Waals surface area contributed by atoms with E-state index in [1.54, 1.807) is 6.07 Å². The summed E-state index contributed by atoms with van der Waals surface area (Å²) in [5.41, 5.74) is 6.36. The number of aromatic nitrogens is 2. The predicted molar refractivity (Wildman–Crippen MR) is 74.0 cm³/mol. The van der Waals surface area contributed by atoms with Crippen molar-refractivity contribution in [1.29, 1.82) is 0 Å². The molecule has 1 heterocycles. The third-order valence-corrected chi connectivity index (χ3v) is 2.81. The predicted octanol–water partition coefficient (Wildman–Crippen LogP) is 1.61. The van der Waals surface area contributed by atoms with Crippen molar-refractivity contribution in [3.8, 4) is 5.69 Å². The van der Waals surface area contributed by atoms with Crippen molar-refractivity contribution in [2.45, 2.75) is 26.4 Å². The zero-order valence-corrected chi connectivity index (χ0v) is 11.4. The SMILES string of the molecule is CC(C)NCc1ccc(-n2ccc(C(N)=O)n2)c(F)c1. The molecule has 6 heteroatoms. The molecule has 5 nitrogen and oxygen atoms in total. The zero-order chi connectivity index (χ0) is 14.7. The van der Waals surface area contributed by atoms with Gasteiger partial charge in [0.05, 0.1) is 0 Å². The molecule has 0 bridgehead atoms. The Morgan fingerprint density at radius 2 is 2.20 bits per heavy atom. The van der Waals surface area contributed by atoms with E-state index in [1.807, 2.05) is 19.9 Å². The Morgan fingerprint density at radius 3 is 2.75 bits per heavy atom. The maximum Gasteiger partial charge on any atom is 0.269 e. The summed E-state index contributed by atoms with van der Waals surface area (Å²) in [6, 6.07) is 6.69. The summed E-state index contributed by atoms with van der Waals surface area (Å²) in [4.78, 5) is 11.0. The fourth-order valence-corrected chi connectivity index (χ4v) is 1.76. The molecule has 0 aliphatic rings. The van der Waals surface area contributed by atoms with Crippen LogP contribution in [-0.4, -0.2) is 21.7 Å². The fraction of sp³-hybridized carbons (Fsp3) is 0.286. The monoisotopic (exact) mass is 276 g/mol. The molecule has 106 valence electrons. The average molecular weight is 276 g/mol. The molecule has 0 atom stereocenters. The second-order valence-corrected chi connectivity index (χ2v) is 4.83. The number of hydrogen-bond donors (Lipinski definition) is 2. The van der Waals surface area contributed by atoms with Crippen molar-refractivity contribution in [2.75, 3.05) is 0 Å². The minimum absolute atomic E-state index is 0.106. The Bertz CT molecular complexity index is 621. The first-order valence-electron chi connectivity index (χ1n) is 6.35. The summed E-state index contributed by atoms with van der Waals surface area (Å²) in [6.45, 7) is 4.65. The topological polar surface area (TPSA) is 72.9 Å². The average Bonchev–Trinajstić information content (AvgIpc) is 2.86. The van der Waals surface area contributed by atoms with Crippen molar-refractivity contribution < 1.29 is 9.18 Å². The van der Waals surface area contributed by atoms with Gasteiger partial charge in [0.15, 0.2) is 0 Å². The van der Waals surface area contributed by atoms with Crippen LogP contribution in [0.3, 0.4) is 0 Å². The first-order chi connectivity index (χ1) is 9.47. The summed E-state index contributed by atoms with van der Waals surface area (Å²) < 4.78 is 15.4. The van der Waals surface area contributed by atoms with Crippen LogP contribution in [0, 0.1) is 5.82 Å². The molecule has 0 saturated heterocycles. The molecular weight excluding hydrogens is 259 g/mol. The highest BCUT2D eigenvalue weighted by atomic mass is 19.1. The minimum atomic E-state index is -0.637. The van der Waals surface area contributed by atoms with Crippen LogP contribution in [0.2, 0.25) is 0 Å². The van der Waals surface area contributed by atoms with Gasteiger partial charge in [-0.05, 0) is 23.8 Å². The number of nitrogens with one attached hydrogen (secondary N) is 1. The second kappa shape index (κ2) is 5.83. The van der Waals surface area contributed by atoms with Crippen molar-refractivity contribution in [3.63, 3.8) is 0 Å². The van der Waals surface area contributed by atoms with Gasteiger partial charge in [0.1, 0.15) is 17.2 Å². The number of nitrogens with zero attached hydrogens (tertiary/aromatic N) is 2. The molecule has 0 spiro atoms. The molecule has 2 aromatic rings. The van der Waals surface area contributed by atoms with E-state index in [2.05, 4.69) is 10.4 Å². The number of carbonyl (C=O) groups is 1. The van der Waals surface area contributed by atoms with Gasteiger partial charge in [0.2, 0.25) is 0 Å². The van der Waals surface area contributed by atoms with Gasteiger partial charge < -0.3 is 11.1 Å². The lowest BCUT2D eigenvalue weighted by Gasteiger charge is -2.09. The molecule has 1 aromatic carbocycles. The summed E-state index contributed by atoms with van der Waals surface area (Å²) in [5.74, 6) is -1.03. The lowest BCUT2D eigenvalue weighted by atomic mass is 10.2. The van der Waals surface area contributed by atoms with Gasteiger partial charge in [-0.3, -0.25) is 4.79 Å². The Morgan fingerprint density at radius 1 is 1.45 bits per heavy atom. The number of halogens is 1. The molecular formula is C14H17FN4O. The second-order valence-electron chi connectivity index (χ2n) is 4.83. The van der Waals surface area contributed by atoms with E-state index >= 15 is 0 Å². The van der Waals surface area contributed by atoms with Crippen LogP contribution in [-0.2, 0) is 6.54 Å². The van der Waals surface area contributed by atoms with E-state index < -0.39 is 11.7 Å². The number of rotatable bonds is 5. The maximum atomic E-state index is 14.1. The quantitative estimate of drug-likeness (QED) is 0.871. The summed E-state index contributed by atoms with van der Waals surface area (Å²) in [7, 11) is 0. The highest BCUT2D eigenvalue weighted by Crippen LogP contribution is 2.15. The van der Waals surface area contributed by atoms with Crippen LogP contribution in [0.15, 0.2) is 30.5 Å². The van der Waals surface area contributed by atoms with Crippen LogP contribution in [0.5, 0.6) is 0 Å². The van der Waals surface area contributed by atoms with Crippen molar-refractivity contribution in [1.82, 2.24) is 15.1 Å². The van der Waals surface area contributed by atoms with E-state index in [9.17, 15) is 9.18 Å². The Labute approximate surface area is 116 Å². The lowest BCUT2D eigenvalue weighted by Crippen LogP contribution is -2.21. The number of benzene rings is 1. The molecule has 20 heavy (non-hydrogen) atoms. The van der Waals surface area contributed by atoms with E-state index in [1.165, 1.54) is 23.0 Å². The van der Waals surface area contributed by atoms with Gasteiger partial charge in [0.25, 0.3) is 5.91 Å². The Kier molecular flexibility index (Phi) is 4.14. The van der Waals surface area contributed by atoms with E-state index in [4.69, 9.17) is 5.73 Å². The molecule has 2 rings (SSSR count). The third kappa shape index (κ3) is 3.21. The van der Waals surface area contributed by atoms with Crippen molar-refractivity contribution in [3.05, 3.63) is 47.5 Å². The summed E-state index contributed by atoms with van der Waals surface area (Å²) in [5, 5.41) is 7.15. The fourth-order valence-electron chi connectivity index (χ4n) is 1.76. The minimum Gasteiger partial charge on any atom is -0.364 e. The van der Waals surface area contributed by atoms with Gasteiger partial charge in [-0.15, -0.1) is 0 Å². The summed E-state index contributed by atoms with van der Waals surface area (Å²) >= 11 is 0. The molecule has 3 N–H and O–H groups in total. The Balaban J connectivity index is 2.22. The number of hydrogen-bond acceptors (Lipinski definition) is 3. The molecule has 1 amide bonds. The Hall–Kier alpha value is -2.21.